The number of Topliss-reactive ketones (excluding diaryl/α,β-unsaturated/α-hetero) is 2. The minimum absolute atomic E-state index is 0.0683. The first-order chi connectivity index (χ1) is 13.1. The summed E-state index contributed by atoms with van der Waals surface area (Å²) in [6, 6.07) is 15.5. The zero-order valence-corrected chi connectivity index (χ0v) is 14.4. The molecule has 6 nitrogen and oxygen atoms in total. The van der Waals surface area contributed by atoms with Crippen LogP contribution in [0.2, 0.25) is 0 Å². The normalized spacial score (nSPS) is 18.4. The molecule has 0 bridgehead atoms. The second-order valence-electron chi connectivity index (χ2n) is 6.11. The number of rotatable bonds is 2. The maximum atomic E-state index is 13.2. The van der Waals surface area contributed by atoms with Gasteiger partial charge in [-0.3, -0.25) is 9.59 Å². The minimum atomic E-state index is -0.847. The Morgan fingerprint density at radius 3 is 2.33 bits per heavy atom. The highest BCUT2D eigenvalue weighted by Gasteiger charge is 2.44. The molecule has 4 rings (SSSR count). The van der Waals surface area contributed by atoms with E-state index in [1.54, 1.807) is 48.5 Å². The molecule has 6 heteroatoms. The molecule has 27 heavy (non-hydrogen) atoms. The van der Waals surface area contributed by atoms with Crippen LogP contribution in [0.3, 0.4) is 0 Å². The summed E-state index contributed by atoms with van der Waals surface area (Å²) < 4.78 is 10.9. The Kier molecular flexibility index (Phi) is 3.78. The number of nitrogens with two attached hydrogens (primary N) is 1. The number of para-hydroxylation sites is 1. The second-order valence-corrected chi connectivity index (χ2v) is 6.11. The number of nitrogens with zero attached hydrogens (tertiary/aromatic N) is 1. The highest BCUT2D eigenvalue weighted by molar-refractivity contribution is 6.27. The number of fused-ring (bicyclic) bond motifs is 1. The largest absolute Gasteiger partial charge is 0.496 e. The fourth-order valence-electron chi connectivity index (χ4n) is 3.52. The Morgan fingerprint density at radius 1 is 1.04 bits per heavy atom. The topological polar surface area (TPSA) is 102 Å². The number of nitriles is 1. The van der Waals surface area contributed by atoms with Crippen LogP contribution in [0.5, 0.6) is 5.75 Å². The number of ketones is 2. The molecule has 1 atom stereocenters. The lowest BCUT2D eigenvalue weighted by molar-refractivity contribution is 0.0897. The first-order valence-electron chi connectivity index (χ1n) is 8.21. The van der Waals surface area contributed by atoms with Gasteiger partial charge in [-0.15, -0.1) is 0 Å². The van der Waals surface area contributed by atoms with Crippen molar-refractivity contribution < 1.29 is 19.1 Å². The Labute approximate surface area is 155 Å². The third-order valence-electron chi connectivity index (χ3n) is 4.74. The molecule has 1 heterocycles. The molecule has 1 aliphatic carbocycles. The standard InChI is InChI=1S/C21H14N2O4/c1-26-15-9-5-4-8-13(15)16-14(10-22)21(23)27-20-17(16)18(24)11-6-2-3-7-12(11)19(20)25/h2-9,16H,23H2,1H3. The number of hydrogen-bond acceptors (Lipinski definition) is 6. The summed E-state index contributed by atoms with van der Waals surface area (Å²) in [5, 5.41) is 9.67. The van der Waals surface area contributed by atoms with E-state index < -0.39 is 11.7 Å². The molecule has 132 valence electrons. The van der Waals surface area contributed by atoms with Gasteiger partial charge < -0.3 is 15.2 Å². The number of carbonyl (C=O) groups excluding carboxylic acids is 2. The van der Waals surface area contributed by atoms with E-state index in [1.807, 2.05) is 6.07 Å². The van der Waals surface area contributed by atoms with Crippen molar-refractivity contribution in [2.75, 3.05) is 7.11 Å². The third kappa shape index (κ3) is 2.33. The number of hydrogen-bond donors (Lipinski definition) is 1. The average Bonchev–Trinajstić information content (AvgIpc) is 2.71. The highest BCUT2D eigenvalue weighted by atomic mass is 16.5. The molecule has 2 aromatic rings. The van der Waals surface area contributed by atoms with Crippen molar-refractivity contribution in [3.05, 3.63) is 88.0 Å². The summed E-state index contributed by atoms with van der Waals surface area (Å²) in [7, 11) is 1.50. The van der Waals surface area contributed by atoms with Gasteiger partial charge in [0, 0.05) is 16.7 Å². The SMILES string of the molecule is COc1ccccc1C1C(C#N)=C(N)OC2=C1C(=O)c1ccccc1C2=O. The molecule has 1 unspecified atom stereocenters. The molecule has 2 aromatic carbocycles. The zero-order valence-electron chi connectivity index (χ0n) is 14.4. The number of allylic oxidation sites excluding steroid dienone is 3. The predicted molar refractivity (Wildman–Crippen MR) is 95.8 cm³/mol. The van der Waals surface area contributed by atoms with E-state index in [9.17, 15) is 14.9 Å². The molecular weight excluding hydrogens is 344 g/mol. The Balaban J connectivity index is 2.01. The summed E-state index contributed by atoms with van der Waals surface area (Å²) in [6.45, 7) is 0. The highest BCUT2D eigenvalue weighted by Crippen LogP contribution is 2.46. The Hall–Kier alpha value is -3.85. The van der Waals surface area contributed by atoms with Crippen molar-refractivity contribution in [1.29, 1.82) is 5.26 Å². The van der Waals surface area contributed by atoms with E-state index in [4.69, 9.17) is 15.2 Å². The molecule has 2 N–H and O–H groups in total. The van der Waals surface area contributed by atoms with E-state index in [0.29, 0.717) is 11.3 Å². The molecule has 2 aliphatic rings. The van der Waals surface area contributed by atoms with Crippen molar-refractivity contribution in [2.45, 2.75) is 5.92 Å². The van der Waals surface area contributed by atoms with Gasteiger partial charge in [-0.2, -0.15) is 5.26 Å². The molecule has 0 spiro atoms. The second kappa shape index (κ2) is 6.15. The average molecular weight is 358 g/mol. The summed E-state index contributed by atoms with van der Waals surface area (Å²) in [4.78, 5) is 26.2. The molecular formula is C21H14N2O4. The number of carbonyl (C=O) groups is 2. The van der Waals surface area contributed by atoms with Crippen LogP contribution in [-0.2, 0) is 4.74 Å². The first-order valence-corrected chi connectivity index (χ1v) is 8.21. The van der Waals surface area contributed by atoms with Crippen LogP contribution in [0, 0.1) is 11.3 Å². The van der Waals surface area contributed by atoms with Crippen molar-refractivity contribution in [3.8, 4) is 11.8 Å². The quantitative estimate of drug-likeness (QED) is 0.885. The molecule has 0 radical (unpaired) electrons. The summed E-state index contributed by atoms with van der Waals surface area (Å²) >= 11 is 0. The third-order valence-corrected chi connectivity index (χ3v) is 4.74. The van der Waals surface area contributed by atoms with E-state index in [2.05, 4.69) is 0 Å². The first kappa shape index (κ1) is 16.6. The summed E-state index contributed by atoms with van der Waals surface area (Å²) in [5.41, 5.74) is 7.22. The van der Waals surface area contributed by atoms with Gasteiger partial charge in [0.1, 0.15) is 17.4 Å². The lowest BCUT2D eigenvalue weighted by Gasteiger charge is -2.31. The van der Waals surface area contributed by atoms with Crippen LogP contribution >= 0.6 is 0 Å². The van der Waals surface area contributed by atoms with Gasteiger partial charge in [-0.05, 0) is 6.07 Å². The monoisotopic (exact) mass is 358 g/mol. The maximum absolute atomic E-state index is 13.2. The van der Waals surface area contributed by atoms with Crippen molar-refractivity contribution >= 4 is 11.6 Å². The lowest BCUT2D eigenvalue weighted by Crippen LogP contribution is -2.32. The molecule has 0 amide bonds. The lowest BCUT2D eigenvalue weighted by atomic mass is 9.75. The molecule has 0 aromatic heterocycles. The maximum Gasteiger partial charge on any atom is 0.229 e. The van der Waals surface area contributed by atoms with E-state index >= 15 is 0 Å². The Morgan fingerprint density at radius 2 is 1.67 bits per heavy atom. The van der Waals surface area contributed by atoms with Gasteiger partial charge in [-0.1, -0.05) is 42.5 Å². The molecule has 0 saturated carbocycles. The van der Waals surface area contributed by atoms with Crippen LogP contribution in [0.1, 0.15) is 32.2 Å². The fraction of sp³-hybridized carbons (Fsp3) is 0.0952. The van der Waals surface area contributed by atoms with Crippen LogP contribution in [-0.4, -0.2) is 18.7 Å². The summed E-state index contributed by atoms with van der Waals surface area (Å²) in [6.07, 6.45) is 0. The van der Waals surface area contributed by atoms with E-state index in [1.165, 1.54) is 7.11 Å². The number of ether oxygens (including phenoxy) is 2. The van der Waals surface area contributed by atoms with Gasteiger partial charge in [-0.25, -0.2) is 0 Å². The minimum Gasteiger partial charge on any atom is -0.496 e. The van der Waals surface area contributed by atoms with E-state index in [0.717, 1.165) is 0 Å². The van der Waals surface area contributed by atoms with Gasteiger partial charge in [0.15, 0.2) is 11.5 Å². The fourth-order valence-corrected chi connectivity index (χ4v) is 3.52. The molecule has 1 aliphatic heterocycles. The van der Waals surface area contributed by atoms with E-state index in [-0.39, 0.29) is 39.7 Å². The van der Waals surface area contributed by atoms with Gasteiger partial charge in [0.25, 0.3) is 0 Å². The van der Waals surface area contributed by atoms with Crippen molar-refractivity contribution in [2.24, 2.45) is 5.73 Å². The number of methoxy groups -OCH3 is 1. The number of benzene rings is 2. The van der Waals surface area contributed by atoms with Crippen LogP contribution < -0.4 is 10.5 Å². The molecule has 0 saturated heterocycles. The van der Waals surface area contributed by atoms with Gasteiger partial charge >= 0.3 is 0 Å². The van der Waals surface area contributed by atoms with Gasteiger partial charge in [0.2, 0.25) is 11.7 Å². The molecule has 0 fully saturated rings. The van der Waals surface area contributed by atoms with Gasteiger partial charge in [0.05, 0.1) is 18.6 Å². The van der Waals surface area contributed by atoms with Crippen LogP contribution in [0.4, 0.5) is 0 Å². The predicted octanol–water partition coefficient (Wildman–Crippen LogP) is 2.84. The Bertz CT molecular complexity index is 1110. The van der Waals surface area contributed by atoms with Crippen molar-refractivity contribution in [3.63, 3.8) is 0 Å². The van der Waals surface area contributed by atoms with Crippen LogP contribution in [0.25, 0.3) is 0 Å². The van der Waals surface area contributed by atoms with Crippen molar-refractivity contribution in [1.82, 2.24) is 0 Å². The van der Waals surface area contributed by atoms with Crippen LogP contribution in [0.15, 0.2) is 71.3 Å². The smallest absolute Gasteiger partial charge is 0.229 e. The summed E-state index contributed by atoms with van der Waals surface area (Å²) in [5.74, 6) is -1.48. The zero-order chi connectivity index (χ0) is 19.1.